The minimum absolute atomic E-state index is 0.0765. The number of benzene rings is 1. The van der Waals surface area contributed by atoms with Crippen molar-refractivity contribution >= 4 is 33.4 Å². The van der Waals surface area contributed by atoms with Crippen molar-refractivity contribution in [3.63, 3.8) is 0 Å². The van der Waals surface area contributed by atoms with Crippen LogP contribution in [0.4, 0.5) is 10.1 Å². The molecule has 1 aromatic carbocycles. The maximum Gasteiger partial charge on any atom is 0.279 e. The van der Waals surface area contributed by atoms with Gasteiger partial charge in [0.15, 0.2) is 13.1 Å². The number of carbonyl (C=O) groups excluding carboxylic acids is 2. The summed E-state index contributed by atoms with van der Waals surface area (Å²) in [5.41, 5.74) is -0.180. The van der Waals surface area contributed by atoms with Gasteiger partial charge in [-0.15, -0.1) is 0 Å². The van der Waals surface area contributed by atoms with Gasteiger partial charge in [-0.05, 0) is 39.0 Å². The smallest absolute Gasteiger partial charge is 0.279 e. The van der Waals surface area contributed by atoms with Crippen LogP contribution in [-0.2, 0) is 9.59 Å². The average Bonchev–Trinajstić information content (AvgIpc) is 2.29. The minimum Gasteiger partial charge on any atom is -0.347 e. The summed E-state index contributed by atoms with van der Waals surface area (Å²) in [5.74, 6) is -0.985. The summed E-state index contributed by atoms with van der Waals surface area (Å²) in [7, 11) is 1.74. The highest BCUT2D eigenvalue weighted by Gasteiger charge is 2.19. The number of anilines is 1. The van der Waals surface area contributed by atoms with E-state index in [9.17, 15) is 14.0 Å². The lowest BCUT2D eigenvalue weighted by atomic mass is 10.1. The van der Waals surface area contributed by atoms with E-state index in [-0.39, 0.29) is 36.1 Å². The van der Waals surface area contributed by atoms with Crippen molar-refractivity contribution < 1.29 is 18.9 Å². The highest BCUT2D eigenvalue weighted by Crippen LogP contribution is 2.18. The number of amides is 2. The van der Waals surface area contributed by atoms with Gasteiger partial charge in [-0.1, -0.05) is 15.9 Å². The lowest BCUT2D eigenvalue weighted by Gasteiger charge is -2.21. The molecule has 0 saturated carbocycles. The Balaban J connectivity index is 2.49. The average molecular weight is 375 g/mol. The Kier molecular flexibility index (Phi) is 6.49. The van der Waals surface area contributed by atoms with Crippen LogP contribution in [0.3, 0.4) is 0 Å². The molecule has 1 rings (SSSR count). The largest absolute Gasteiger partial charge is 0.347 e. The summed E-state index contributed by atoms with van der Waals surface area (Å²) in [6.07, 6.45) is 0. The van der Waals surface area contributed by atoms with Gasteiger partial charge in [0.25, 0.3) is 11.8 Å². The van der Waals surface area contributed by atoms with E-state index in [0.717, 1.165) is 4.90 Å². The van der Waals surface area contributed by atoms with E-state index in [4.69, 9.17) is 0 Å². The first kappa shape index (κ1) is 18.6. The maximum absolute atomic E-state index is 13.6. The van der Waals surface area contributed by atoms with E-state index in [1.165, 1.54) is 12.1 Å². The number of carbonyl (C=O) groups is 2. The number of likely N-dealkylation sites (N-methyl/N-ethyl adjacent to an activating group) is 1. The van der Waals surface area contributed by atoms with E-state index in [1.807, 2.05) is 20.8 Å². The third-order valence-electron chi connectivity index (χ3n) is 2.64. The molecule has 3 N–H and O–H groups in total. The van der Waals surface area contributed by atoms with Crippen molar-refractivity contribution in [1.82, 2.24) is 5.32 Å². The highest BCUT2D eigenvalue weighted by atomic mass is 79.9. The van der Waals surface area contributed by atoms with Crippen LogP contribution in [0.15, 0.2) is 22.7 Å². The number of halogens is 2. The van der Waals surface area contributed by atoms with Crippen molar-refractivity contribution in [3.05, 3.63) is 28.5 Å². The zero-order chi connectivity index (χ0) is 16.9. The molecule has 0 heterocycles. The van der Waals surface area contributed by atoms with Crippen molar-refractivity contribution in [2.75, 3.05) is 25.5 Å². The van der Waals surface area contributed by atoms with Gasteiger partial charge >= 0.3 is 0 Å². The Bertz CT molecular complexity index is 558. The molecule has 0 radical (unpaired) electrons. The standard InChI is InChI=1S/C15H21BrFN3O2/c1-15(2,3)19-14(22)9-20(4)8-13(21)18-12-6-5-10(16)7-11(12)17/h5-7H,8-9H2,1-4H3,(H,18,21)(H,19,22)/p+1. The first-order valence-corrected chi connectivity index (χ1v) is 7.73. The third-order valence-corrected chi connectivity index (χ3v) is 3.14. The molecule has 0 aliphatic heterocycles. The van der Waals surface area contributed by atoms with Gasteiger partial charge in [0, 0.05) is 10.0 Å². The number of rotatable bonds is 5. The third kappa shape index (κ3) is 7.00. The van der Waals surface area contributed by atoms with Crippen LogP contribution in [0.5, 0.6) is 0 Å². The predicted octanol–water partition coefficient (Wildman–Crippen LogP) is 0.956. The van der Waals surface area contributed by atoms with Gasteiger partial charge in [-0.3, -0.25) is 9.59 Å². The van der Waals surface area contributed by atoms with Crippen LogP contribution in [0, 0.1) is 5.82 Å². The van der Waals surface area contributed by atoms with Crippen LogP contribution < -0.4 is 15.5 Å². The van der Waals surface area contributed by atoms with Crippen LogP contribution in [-0.4, -0.2) is 37.5 Å². The van der Waals surface area contributed by atoms with Crippen molar-refractivity contribution in [2.24, 2.45) is 0 Å². The fraction of sp³-hybridized carbons (Fsp3) is 0.467. The van der Waals surface area contributed by atoms with Crippen LogP contribution in [0.25, 0.3) is 0 Å². The minimum atomic E-state index is -0.508. The Labute approximate surface area is 138 Å². The molecule has 22 heavy (non-hydrogen) atoms. The second-order valence-corrected chi connectivity index (χ2v) is 7.20. The summed E-state index contributed by atoms with van der Waals surface area (Å²) in [5, 5.41) is 5.33. The Morgan fingerprint density at radius 1 is 1.23 bits per heavy atom. The molecule has 0 spiro atoms. The van der Waals surface area contributed by atoms with E-state index in [2.05, 4.69) is 26.6 Å². The Hall–Kier alpha value is -1.47. The zero-order valence-corrected chi connectivity index (χ0v) is 14.8. The van der Waals surface area contributed by atoms with E-state index in [1.54, 1.807) is 13.1 Å². The van der Waals surface area contributed by atoms with Crippen LogP contribution in [0.1, 0.15) is 20.8 Å². The topological polar surface area (TPSA) is 62.6 Å². The first-order valence-electron chi connectivity index (χ1n) is 6.94. The molecule has 122 valence electrons. The summed E-state index contributed by atoms with van der Waals surface area (Å²) in [4.78, 5) is 24.4. The molecule has 0 saturated heterocycles. The molecule has 5 nitrogen and oxygen atoms in total. The molecule has 0 bridgehead atoms. The van der Waals surface area contributed by atoms with Crippen molar-refractivity contribution in [2.45, 2.75) is 26.3 Å². The monoisotopic (exact) mass is 374 g/mol. The normalized spacial score (nSPS) is 12.6. The summed E-state index contributed by atoms with van der Waals surface area (Å²) in [6.45, 7) is 5.93. The molecular formula is C15H22BrFN3O2+. The van der Waals surface area contributed by atoms with E-state index >= 15 is 0 Å². The summed E-state index contributed by atoms with van der Waals surface area (Å²) >= 11 is 3.15. The predicted molar refractivity (Wildman–Crippen MR) is 87.2 cm³/mol. The molecule has 0 aliphatic rings. The number of hydrogen-bond acceptors (Lipinski definition) is 2. The van der Waals surface area contributed by atoms with Gasteiger partial charge in [0.1, 0.15) is 5.82 Å². The molecule has 1 aromatic rings. The summed E-state index contributed by atoms with van der Waals surface area (Å²) in [6, 6.07) is 4.41. The molecule has 1 unspecified atom stereocenters. The van der Waals surface area contributed by atoms with Gasteiger partial charge in [0.2, 0.25) is 0 Å². The van der Waals surface area contributed by atoms with Gasteiger partial charge < -0.3 is 15.5 Å². The fourth-order valence-corrected chi connectivity index (χ4v) is 2.19. The molecule has 1 atom stereocenters. The van der Waals surface area contributed by atoms with Crippen molar-refractivity contribution in [3.8, 4) is 0 Å². The summed E-state index contributed by atoms with van der Waals surface area (Å²) < 4.78 is 14.2. The van der Waals surface area contributed by atoms with Crippen molar-refractivity contribution in [1.29, 1.82) is 0 Å². The van der Waals surface area contributed by atoms with Gasteiger partial charge in [0.05, 0.1) is 12.7 Å². The second-order valence-electron chi connectivity index (χ2n) is 6.28. The molecule has 0 fully saturated rings. The van der Waals surface area contributed by atoms with Gasteiger partial charge in [-0.25, -0.2) is 4.39 Å². The van der Waals surface area contributed by atoms with E-state index in [0.29, 0.717) is 4.47 Å². The van der Waals surface area contributed by atoms with Gasteiger partial charge in [-0.2, -0.15) is 0 Å². The lowest BCUT2D eigenvalue weighted by molar-refractivity contribution is -0.862. The fourth-order valence-electron chi connectivity index (χ4n) is 1.86. The SMILES string of the molecule is C[NH+](CC(=O)Nc1ccc(Br)cc1F)CC(=O)NC(C)(C)C. The van der Waals surface area contributed by atoms with E-state index < -0.39 is 5.82 Å². The molecule has 0 aromatic heterocycles. The number of quaternary nitrogens is 1. The maximum atomic E-state index is 13.6. The zero-order valence-electron chi connectivity index (χ0n) is 13.2. The number of nitrogens with one attached hydrogen (secondary N) is 3. The molecule has 0 aliphatic carbocycles. The molecular weight excluding hydrogens is 353 g/mol. The Morgan fingerprint density at radius 2 is 1.82 bits per heavy atom. The van der Waals surface area contributed by atoms with Crippen LogP contribution >= 0.6 is 15.9 Å². The Morgan fingerprint density at radius 3 is 2.36 bits per heavy atom. The number of hydrogen-bond donors (Lipinski definition) is 3. The first-order chi connectivity index (χ1) is 10.1. The highest BCUT2D eigenvalue weighted by molar-refractivity contribution is 9.10. The second kappa shape index (κ2) is 7.69. The quantitative estimate of drug-likeness (QED) is 0.718. The molecule has 7 heteroatoms. The molecule has 2 amide bonds. The lowest BCUT2D eigenvalue weighted by Crippen LogP contribution is -3.11. The van der Waals surface area contributed by atoms with Crippen LogP contribution in [0.2, 0.25) is 0 Å².